The SMILES string of the molecule is C[Si](O[C@@H](c1ccc(F)cc1)[C@@H](O[Si](C)(c1ccccc1)c1ccccc1)c1ccc(F)cc1)(c1ccccc1)c1ccccc1. The van der Waals surface area contributed by atoms with E-state index in [1.54, 1.807) is 24.3 Å². The van der Waals surface area contributed by atoms with Crippen LogP contribution in [-0.4, -0.2) is 16.6 Å². The van der Waals surface area contributed by atoms with Gasteiger partial charge in [-0.25, -0.2) is 8.78 Å². The highest BCUT2D eigenvalue weighted by molar-refractivity contribution is 6.97. The molecule has 2 atom stereocenters. The van der Waals surface area contributed by atoms with Gasteiger partial charge in [0.25, 0.3) is 16.6 Å². The average molecular weight is 643 g/mol. The van der Waals surface area contributed by atoms with Gasteiger partial charge < -0.3 is 8.85 Å². The predicted molar refractivity (Wildman–Crippen MR) is 188 cm³/mol. The van der Waals surface area contributed by atoms with E-state index in [1.807, 2.05) is 72.8 Å². The molecule has 0 saturated heterocycles. The Bertz CT molecular complexity index is 1600. The van der Waals surface area contributed by atoms with E-state index in [0.717, 1.165) is 31.9 Å². The Morgan fingerprint density at radius 3 is 0.848 bits per heavy atom. The molecule has 0 unspecified atom stereocenters. The van der Waals surface area contributed by atoms with Crippen molar-refractivity contribution in [1.29, 1.82) is 0 Å². The molecule has 0 aliphatic rings. The number of hydrogen-bond donors (Lipinski definition) is 0. The van der Waals surface area contributed by atoms with E-state index in [2.05, 4.69) is 61.6 Å². The van der Waals surface area contributed by atoms with Crippen LogP contribution in [0.4, 0.5) is 8.78 Å². The first-order valence-electron chi connectivity index (χ1n) is 15.5. The van der Waals surface area contributed by atoms with Crippen LogP contribution in [0.25, 0.3) is 0 Å². The molecule has 230 valence electrons. The third kappa shape index (κ3) is 6.71. The largest absolute Gasteiger partial charge is 0.398 e. The van der Waals surface area contributed by atoms with Gasteiger partial charge >= 0.3 is 0 Å². The van der Waals surface area contributed by atoms with Gasteiger partial charge in [0.15, 0.2) is 0 Å². The summed E-state index contributed by atoms with van der Waals surface area (Å²) in [5.41, 5.74) is 1.55. The highest BCUT2D eigenvalue weighted by Gasteiger charge is 2.44. The first-order valence-corrected chi connectivity index (χ1v) is 20.3. The van der Waals surface area contributed by atoms with Crippen molar-refractivity contribution in [2.45, 2.75) is 25.3 Å². The first-order chi connectivity index (χ1) is 22.4. The normalized spacial score (nSPS) is 13.2. The van der Waals surface area contributed by atoms with Gasteiger partial charge in [0.2, 0.25) is 0 Å². The molecule has 0 bridgehead atoms. The van der Waals surface area contributed by atoms with E-state index in [9.17, 15) is 8.78 Å². The second kappa shape index (κ2) is 13.9. The third-order valence-corrected chi connectivity index (χ3v) is 15.9. The highest BCUT2D eigenvalue weighted by Crippen LogP contribution is 2.39. The lowest BCUT2D eigenvalue weighted by molar-refractivity contribution is 0.0468. The molecule has 0 spiro atoms. The quantitative estimate of drug-likeness (QED) is 0.136. The minimum atomic E-state index is -2.93. The zero-order valence-electron chi connectivity index (χ0n) is 25.9. The fourth-order valence-electron chi connectivity index (χ4n) is 6.05. The van der Waals surface area contributed by atoms with Crippen molar-refractivity contribution >= 4 is 37.4 Å². The number of benzene rings is 6. The summed E-state index contributed by atoms with van der Waals surface area (Å²) in [5, 5.41) is 4.38. The van der Waals surface area contributed by atoms with Crippen molar-refractivity contribution in [3.63, 3.8) is 0 Å². The molecule has 2 nitrogen and oxygen atoms in total. The Labute approximate surface area is 272 Å². The number of rotatable bonds is 11. The lowest BCUT2D eigenvalue weighted by Gasteiger charge is -2.41. The Morgan fingerprint density at radius 1 is 0.370 bits per heavy atom. The maximum absolute atomic E-state index is 14.4. The molecule has 6 rings (SSSR count). The van der Waals surface area contributed by atoms with Crippen LogP contribution in [0.5, 0.6) is 0 Å². The van der Waals surface area contributed by atoms with Gasteiger partial charge in [-0.2, -0.15) is 0 Å². The fourth-order valence-corrected chi connectivity index (χ4v) is 12.1. The Morgan fingerprint density at radius 2 is 0.609 bits per heavy atom. The van der Waals surface area contributed by atoms with Crippen LogP contribution in [-0.2, 0) is 8.85 Å². The average Bonchev–Trinajstić information content (AvgIpc) is 3.12. The topological polar surface area (TPSA) is 18.5 Å². The number of halogens is 2. The summed E-state index contributed by atoms with van der Waals surface area (Å²) in [7, 11) is -5.87. The van der Waals surface area contributed by atoms with Gasteiger partial charge in [0.1, 0.15) is 23.8 Å². The second-order valence-electron chi connectivity index (χ2n) is 11.7. The summed E-state index contributed by atoms with van der Waals surface area (Å²) in [4.78, 5) is 0. The standard InChI is InChI=1S/C40H36F2O2Si2/c1-45(35-15-7-3-8-16-35,36-17-9-4-10-18-36)43-39(31-23-27-33(41)28-24-31)40(32-25-29-34(42)30-26-32)44-46(2,37-19-11-5-12-20-37)38-21-13-6-14-22-38/h3-30,39-40H,1-2H3/t39-,40-/m0/s1. The van der Waals surface area contributed by atoms with Crippen molar-refractivity contribution in [3.05, 3.63) is 193 Å². The third-order valence-electron chi connectivity index (χ3n) is 8.70. The Balaban J connectivity index is 1.57. The maximum Gasteiger partial charge on any atom is 0.253 e. The van der Waals surface area contributed by atoms with Gasteiger partial charge in [-0.3, -0.25) is 0 Å². The molecule has 0 aliphatic carbocycles. The Hall–Kier alpha value is -4.47. The summed E-state index contributed by atoms with van der Waals surface area (Å²) in [5.74, 6) is -0.665. The second-order valence-corrected chi connectivity index (χ2v) is 18.6. The van der Waals surface area contributed by atoms with Crippen LogP contribution in [0.2, 0.25) is 13.1 Å². The lowest BCUT2D eigenvalue weighted by atomic mass is 9.98. The molecule has 0 saturated carbocycles. The van der Waals surface area contributed by atoms with Crippen LogP contribution in [0, 0.1) is 11.6 Å². The zero-order chi connectivity index (χ0) is 32.0. The lowest BCUT2D eigenvalue weighted by Crippen LogP contribution is -2.61. The first kappa shape index (κ1) is 31.5. The predicted octanol–water partition coefficient (Wildman–Crippen LogP) is 7.56. The summed E-state index contributed by atoms with van der Waals surface area (Å²) in [6, 6.07) is 54.1. The van der Waals surface area contributed by atoms with E-state index in [1.165, 1.54) is 24.3 Å². The summed E-state index contributed by atoms with van der Waals surface area (Å²) in [6.07, 6.45) is -1.33. The maximum atomic E-state index is 14.4. The van der Waals surface area contributed by atoms with Crippen molar-refractivity contribution < 1.29 is 17.6 Å². The van der Waals surface area contributed by atoms with Crippen molar-refractivity contribution in [3.8, 4) is 0 Å². The molecule has 46 heavy (non-hydrogen) atoms. The fraction of sp³-hybridized carbons (Fsp3) is 0.100. The van der Waals surface area contributed by atoms with Crippen LogP contribution < -0.4 is 20.7 Å². The van der Waals surface area contributed by atoms with E-state index >= 15 is 0 Å². The molecule has 0 radical (unpaired) electrons. The van der Waals surface area contributed by atoms with Gasteiger partial charge in [0.05, 0.1) is 0 Å². The van der Waals surface area contributed by atoms with Gasteiger partial charge in [-0.1, -0.05) is 146 Å². The Kier molecular flexibility index (Phi) is 9.52. The monoisotopic (exact) mass is 642 g/mol. The van der Waals surface area contributed by atoms with Crippen LogP contribution in [0.3, 0.4) is 0 Å². The van der Waals surface area contributed by atoms with E-state index < -0.39 is 28.8 Å². The summed E-state index contributed by atoms with van der Waals surface area (Å²) in [6.45, 7) is 4.39. The molecule has 0 heterocycles. The molecular formula is C40H36F2O2Si2. The van der Waals surface area contributed by atoms with Crippen molar-refractivity contribution in [1.82, 2.24) is 0 Å². The van der Waals surface area contributed by atoms with Gasteiger partial charge in [0, 0.05) is 0 Å². The minimum Gasteiger partial charge on any atom is -0.398 e. The molecule has 6 aromatic rings. The van der Waals surface area contributed by atoms with Gasteiger partial charge in [-0.15, -0.1) is 0 Å². The minimum absolute atomic E-state index is 0.333. The van der Waals surface area contributed by atoms with E-state index in [0.29, 0.717) is 0 Å². The molecule has 0 fully saturated rings. The van der Waals surface area contributed by atoms with E-state index in [4.69, 9.17) is 8.85 Å². The van der Waals surface area contributed by atoms with Crippen molar-refractivity contribution in [2.75, 3.05) is 0 Å². The summed E-state index contributed by atoms with van der Waals surface area (Å²) < 4.78 is 43.8. The smallest absolute Gasteiger partial charge is 0.253 e. The number of hydrogen-bond acceptors (Lipinski definition) is 2. The van der Waals surface area contributed by atoms with Crippen LogP contribution >= 0.6 is 0 Å². The van der Waals surface area contributed by atoms with Crippen LogP contribution in [0.1, 0.15) is 23.3 Å². The van der Waals surface area contributed by atoms with Crippen molar-refractivity contribution in [2.24, 2.45) is 0 Å². The highest BCUT2D eigenvalue weighted by atomic mass is 28.4. The van der Waals surface area contributed by atoms with E-state index in [-0.39, 0.29) is 11.6 Å². The molecular weight excluding hydrogens is 607 g/mol. The molecule has 6 heteroatoms. The van der Waals surface area contributed by atoms with Gasteiger partial charge in [-0.05, 0) is 69.2 Å². The summed E-state index contributed by atoms with van der Waals surface area (Å²) >= 11 is 0. The van der Waals surface area contributed by atoms with Crippen LogP contribution in [0.15, 0.2) is 170 Å². The molecule has 0 aromatic heterocycles. The molecule has 0 aliphatic heterocycles. The molecule has 0 N–H and O–H groups in total. The molecule has 0 amide bonds. The zero-order valence-corrected chi connectivity index (χ0v) is 27.9. The molecule has 6 aromatic carbocycles.